The topological polar surface area (TPSA) is 111 Å². The van der Waals surface area contributed by atoms with E-state index in [4.69, 9.17) is 4.74 Å². The molecule has 2 N–H and O–H groups in total. The van der Waals surface area contributed by atoms with Gasteiger partial charge in [-0.25, -0.2) is 9.59 Å². The van der Waals surface area contributed by atoms with Gasteiger partial charge in [-0.3, -0.25) is 10.1 Å². The molecule has 0 radical (unpaired) electrons. The van der Waals surface area contributed by atoms with E-state index in [1.54, 1.807) is 26.0 Å². The Hall–Kier alpha value is -3.68. The van der Waals surface area contributed by atoms with Crippen LogP contribution in [-0.4, -0.2) is 16.9 Å². The molecule has 1 heterocycles. The molecule has 2 aromatic carbocycles. The van der Waals surface area contributed by atoms with Crippen LogP contribution in [0.25, 0.3) is 0 Å². The molecule has 2 aromatic rings. The van der Waals surface area contributed by atoms with E-state index in [9.17, 15) is 19.7 Å². The van der Waals surface area contributed by atoms with Gasteiger partial charge in [0.15, 0.2) is 0 Å². The second kappa shape index (κ2) is 7.91. The van der Waals surface area contributed by atoms with Gasteiger partial charge in [0.05, 0.1) is 16.5 Å². The maximum atomic E-state index is 12.8. The number of carbonyl (C=O) groups excluding carboxylic acids is 2. The van der Waals surface area contributed by atoms with Crippen molar-refractivity contribution in [2.75, 3.05) is 0 Å². The summed E-state index contributed by atoms with van der Waals surface area (Å²) >= 11 is 0. The van der Waals surface area contributed by atoms with Crippen LogP contribution in [0.3, 0.4) is 0 Å². The zero-order chi connectivity index (χ0) is 20.3. The number of nitro benzene ring substituents is 1. The zero-order valence-electron chi connectivity index (χ0n) is 15.4. The van der Waals surface area contributed by atoms with Crippen molar-refractivity contribution in [1.29, 1.82) is 0 Å². The van der Waals surface area contributed by atoms with Gasteiger partial charge in [-0.15, -0.1) is 0 Å². The fourth-order valence-electron chi connectivity index (χ4n) is 3.02. The number of rotatable bonds is 5. The van der Waals surface area contributed by atoms with Gasteiger partial charge in [0.1, 0.15) is 6.61 Å². The maximum absolute atomic E-state index is 12.8. The number of amides is 2. The van der Waals surface area contributed by atoms with Crippen LogP contribution in [0.5, 0.6) is 0 Å². The molecule has 28 heavy (non-hydrogen) atoms. The Morgan fingerprint density at radius 2 is 1.89 bits per heavy atom. The summed E-state index contributed by atoms with van der Waals surface area (Å²) in [6.07, 6.45) is 0. The number of hydrogen-bond donors (Lipinski definition) is 2. The highest BCUT2D eigenvalue weighted by molar-refractivity contribution is 5.95. The summed E-state index contributed by atoms with van der Waals surface area (Å²) in [5.74, 6) is -0.609. The fraction of sp³-hybridized carbons (Fsp3) is 0.200. The monoisotopic (exact) mass is 381 g/mol. The molecule has 0 spiro atoms. The van der Waals surface area contributed by atoms with Crippen molar-refractivity contribution in [3.05, 3.63) is 86.6 Å². The van der Waals surface area contributed by atoms with Gasteiger partial charge >= 0.3 is 12.0 Å². The molecule has 1 aliphatic heterocycles. The predicted octanol–water partition coefficient (Wildman–Crippen LogP) is 3.27. The molecule has 0 bridgehead atoms. The Balaban J connectivity index is 1.91. The van der Waals surface area contributed by atoms with E-state index in [0.29, 0.717) is 16.8 Å². The highest BCUT2D eigenvalue weighted by Crippen LogP contribution is 2.31. The fourth-order valence-corrected chi connectivity index (χ4v) is 3.02. The second-order valence-corrected chi connectivity index (χ2v) is 6.43. The smallest absolute Gasteiger partial charge is 0.338 e. The molecule has 8 nitrogen and oxygen atoms in total. The van der Waals surface area contributed by atoms with Crippen molar-refractivity contribution in [3.8, 4) is 0 Å². The molecule has 0 saturated carbocycles. The second-order valence-electron chi connectivity index (χ2n) is 6.43. The first kappa shape index (κ1) is 19.1. The lowest BCUT2D eigenvalue weighted by atomic mass is 9.94. The van der Waals surface area contributed by atoms with Crippen molar-refractivity contribution < 1.29 is 19.2 Å². The minimum Gasteiger partial charge on any atom is -0.457 e. The summed E-state index contributed by atoms with van der Waals surface area (Å²) in [7, 11) is 0. The highest BCUT2D eigenvalue weighted by Gasteiger charge is 2.33. The van der Waals surface area contributed by atoms with Crippen LogP contribution in [0.1, 0.15) is 29.7 Å². The molecule has 0 saturated heterocycles. The first-order valence-electron chi connectivity index (χ1n) is 8.61. The van der Waals surface area contributed by atoms with Crippen molar-refractivity contribution in [2.45, 2.75) is 26.5 Å². The Kier molecular flexibility index (Phi) is 5.39. The van der Waals surface area contributed by atoms with Gasteiger partial charge in [-0.05, 0) is 25.0 Å². The number of nitrogens with zero attached hydrogens (tertiary/aromatic N) is 1. The van der Waals surface area contributed by atoms with Gasteiger partial charge in [0, 0.05) is 17.3 Å². The van der Waals surface area contributed by atoms with Crippen molar-refractivity contribution in [1.82, 2.24) is 10.6 Å². The molecule has 0 fully saturated rings. The Morgan fingerprint density at radius 1 is 1.18 bits per heavy atom. The number of allylic oxidation sites excluding steroid dienone is 1. The molecule has 1 aliphatic rings. The molecule has 0 aromatic heterocycles. The van der Waals surface area contributed by atoms with E-state index >= 15 is 0 Å². The van der Waals surface area contributed by atoms with Gasteiger partial charge in [0.2, 0.25) is 0 Å². The SMILES string of the molecule is CC1=C(C(=O)OCc2ccccc2)C(c2ccc(C)c([N+](=O)[O-])c2)NC(=O)N1. The predicted molar refractivity (Wildman–Crippen MR) is 101 cm³/mol. The number of ether oxygens (including phenoxy) is 1. The summed E-state index contributed by atoms with van der Waals surface area (Å²) in [4.78, 5) is 35.5. The highest BCUT2D eigenvalue weighted by atomic mass is 16.6. The lowest BCUT2D eigenvalue weighted by Crippen LogP contribution is -2.45. The van der Waals surface area contributed by atoms with E-state index in [2.05, 4.69) is 10.6 Å². The van der Waals surface area contributed by atoms with Crippen LogP contribution >= 0.6 is 0 Å². The van der Waals surface area contributed by atoms with Gasteiger partial charge in [-0.1, -0.05) is 42.5 Å². The normalized spacial score (nSPS) is 16.2. The number of hydrogen-bond acceptors (Lipinski definition) is 5. The van der Waals surface area contributed by atoms with E-state index in [1.807, 2.05) is 30.3 Å². The molecule has 144 valence electrons. The maximum Gasteiger partial charge on any atom is 0.338 e. The molecule has 8 heteroatoms. The van der Waals surface area contributed by atoms with Crippen LogP contribution in [0.15, 0.2) is 59.8 Å². The minimum absolute atomic E-state index is 0.0746. The summed E-state index contributed by atoms with van der Waals surface area (Å²) < 4.78 is 5.40. The van der Waals surface area contributed by atoms with E-state index in [0.717, 1.165) is 5.56 Å². The third kappa shape index (κ3) is 4.01. The molecule has 1 atom stereocenters. The molecule has 0 aliphatic carbocycles. The quantitative estimate of drug-likeness (QED) is 0.469. The average molecular weight is 381 g/mol. The molecule has 2 amide bonds. The molecule has 1 unspecified atom stereocenters. The van der Waals surface area contributed by atoms with Crippen LogP contribution in [0.4, 0.5) is 10.5 Å². The first-order valence-corrected chi connectivity index (χ1v) is 8.61. The molecular formula is C20H19N3O5. The zero-order valence-corrected chi connectivity index (χ0v) is 15.4. The average Bonchev–Trinajstić information content (AvgIpc) is 2.66. The summed E-state index contributed by atoms with van der Waals surface area (Å²) in [6.45, 7) is 3.29. The van der Waals surface area contributed by atoms with E-state index in [-0.39, 0.29) is 17.9 Å². The van der Waals surface area contributed by atoms with Gasteiger partial charge in [-0.2, -0.15) is 0 Å². The van der Waals surface area contributed by atoms with Crippen LogP contribution in [0.2, 0.25) is 0 Å². The van der Waals surface area contributed by atoms with Crippen LogP contribution in [-0.2, 0) is 16.1 Å². The number of nitro groups is 1. The lowest BCUT2D eigenvalue weighted by molar-refractivity contribution is -0.385. The number of benzene rings is 2. The number of carbonyl (C=O) groups is 2. The minimum atomic E-state index is -0.851. The molecular weight excluding hydrogens is 362 g/mol. The van der Waals surface area contributed by atoms with Crippen LogP contribution in [0, 0.1) is 17.0 Å². The van der Waals surface area contributed by atoms with E-state index in [1.165, 1.54) is 6.07 Å². The largest absolute Gasteiger partial charge is 0.457 e. The van der Waals surface area contributed by atoms with E-state index < -0.39 is 23.0 Å². The summed E-state index contributed by atoms with van der Waals surface area (Å²) in [5, 5.41) is 16.5. The molecule has 3 rings (SSSR count). The Morgan fingerprint density at radius 3 is 2.57 bits per heavy atom. The van der Waals surface area contributed by atoms with Gasteiger partial charge in [0.25, 0.3) is 5.69 Å². The summed E-state index contributed by atoms with van der Waals surface area (Å²) in [5.41, 5.74) is 2.20. The lowest BCUT2D eigenvalue weighted by Gasteiger charge is -2.28. The first-order chi connectivity index (χ1) is 13.4. The Labute approximate surface area is 161 Å². The third-order valence-corrected chi connectivity index (χ3v) is 4.47. The number of nitrogens with one attached hydrogen (secondary N) is 2. The van der Waals surface area contributed by atoms with Crippen molar-refractivity contribution in [3.63, 3.8) is 0 Å². The Bertz CT molecular complexity index is 969. The standard InChI is InChI=1S/C20H19N3O5/c1-12-8-9-15(10-16(12)23(26)27)18-17(13(2)21-20(25)22-18)19(24)28-11-14-6-4-3-5-7-14/h3-10,18H,11H2,1-2H3,(H2,21,22,25). The number of esters is 1. The number of aryl methyl sites for hydroxylation is 1. The van der Waals surface area contributed by atoms with Crippen molar-refractivity contribution in [2.24, 2.45) is 0 Å². The van der Waals surface area contributed by atoms with Gasteiger partial charge < -0.3 is 15.4 Å². The van der Waals surface area contributed by atoms with Crippen LogP contribution < -0.4 is 10.6 Å². The summed E-state index contributed by atoms with van der Waals surface area (Å²) in [6, 6.07) is 12.4. The number of urea groups is 1. The third-order valence-electron chi connectivity index (χ3n) is 4.47. The van der Waals surface area contributed by atoms with Crippen molar-refractivity contribution >= 4 is 17.7 Å².